The van der Waals surface area contributed by atoms with Crippen LogP contribution in [0.3, 0.4) is 0 Å². The molecule has 1 aliphatic heterocycles. The second-order valence-corrected chi connectivity index (χ2v) is 7.91. The minimum atomic E-state index is -0.0215. The van der Waals surface area contributed by atoms with Gasteiger partial charge in [-0.2, -0.15) is 4.57 Å². The number of Topliss-reactive ketones (excluding diaryl/α,β-unsaturated/α-hetero) is 1. The van der Waals surface area contributed by atoms with Crippen molar-refractivity contribution in [1.82, 2.24) is 4.57 Å². The fraction of sp³-hybridized carbons (Fsp3) is 0.320. The van der Waals surface area contributed by atoms with Gasteiger partial charge in [0.05, 0.1) is 6.10 Å². The lowest BCUT2D eigenvalue weighted by atomic mass is 10.0. The molecule has 0 spiro atoms. The summed E-state index contributed by atoms with van der Waals surface area (Å²) in [6.07, 6.45) is 6.00. The predicted octanol–water partition coefficient (Wildman–Crippen LogP) is 3.69. The fourth-order valence-corrected chi connectivity index (χ4v) is 4.08. The van der Waals surface area contributed by atoms with Crippen LogP contribution >= 0.6 is 0 Å². The van der Waals surface area contributed by atoms with E-state index >= 15 is 0 Å². The number of carbonyl (C=O) groups is 2. The maximum absolute atomic E-state index is 12.9. The van der Waals surface area contributed by atoms with Gasteiger partial charge in [-0.1, -0.05) is 30.3 Å². The van der Waals surface area contributed by atoms with Crippen LogP contribution in [-0.4, -0.2) is 28.8 Å². The van der Waals surface area contributed by atoms with Crippen LogP contribution in [0.4, 0.5) is 0 Å². The molecular formula is C25H27N2O3+. The number of ether oxygens (including phenoxy) is 1. The van der Waals surface area contributed by atoms with Crippen LogP contribution in [0.15, 0.2) is 60.9 Å². The normalized spacial score (nSPS) is 16.0. The Bertz CT molecular complexity index is 1050. The molecule has 154 valence electrons. The Balaban J connectivity index is 1.46. The Morgan fingerprint density at radius 3 is 2.43 bits per heavy atom. The molecule has 0 unspecified atom stereocenters. The molecule has 5 nitrogen and oxygen atoms in total. The molecule has 1 atom stereocenters. The first-order valence-corrected chi connectivity index (χ1v) is 10.4. The van der Waals surface area contributed by atoms with E-state index in [0.717, 1.165) is 42.9 Å². The number of rotatable bonds is 7. The topological polar surface area (TPSA) is 52.2 Å². The van der Waals surface area contributed by atoms with Crippen molar-refractivity contribution in [2.45, 2.75) is 45.9 Å². The monoisotopic (exact) mass is 403 g/mol. The van der Waals surface area contributed by atoms with Gasteiger partial charge in [0, 0.05) is 53.4 Å². The van der Waals surface area contributed by atoms with E-state index in [0.29, 0.717) is 11.1 Å². The minimum absolute atomic E-state index is 0.0215. The van der Waals surface area contributed by atoms with Crippen LogP contribution in [-0.2, 0) is 17.8 Å². The van der Waals surface area contributed by atoms with Gasteiger partial charge in [0.15, 0.2) is 18.2 Å². The summed E-state index contributed by atoms with van der Waals surface area (Å²) >= 11 is 0. The average Bonchev–Trinajstić information content (AvgIpc) is 3.38. The van der Waals surface area contributed by atoms with Gasteiger partial charge in [-0.15, -0.1) is 0 Å². The highest BCUT2D eigenvalue weighted by molar-refractivity contribution is 6.08. The number of carbonyl (C=O) groups excluding carboxylic acids is 2. The van der Waals surface area contributed by atoms with Crippen LogP contribution in [0.5, 0.6) is 0 Å². The van der Waals surface area contributed by atoms with Crippen LogP contribution in [0.1, 0.15) is 50.5 Å². The Morgan fingerprint density at radius 2 is 1.77 bits per heavy atom. The first-order valence-electron chi connectivity index (χ1n) is 10.4. The van der Waals surface area contributed by atoms with Gasteiger partial charge >= 0.3 is 0 Å². The van der Waals surface area contributed by atoms with Crippen LogP contribution < -0.4 is 4.57 Å². The van der Waals surface area contributed by atoms with Crippen LogP contribution in [0.2, 0.25) is 0 Å². The van der Waals surface area contributed by atoms with Crippen molar-refractivity contribution in [3.05, 3.63) is 89.0 Å². The Morgan fingerprint density at radius 1 is 1.07 bits per heavy atom. The predicted molar refractivity (Wildman–Crippen MR) is 114 cm³/mol. The molecule has 0 aliphatic carbocycles. The van der Waals surface area contributed by atoms with E-state index in [9.17, 15) is 9.59 Å². The summed E-state index contributed by atoms with van der Waals surface area (Å²) in [4.78, 5) is 25.5. The lowest BCUT2D eigenvalue weighted by molar-refractivity contribution is -0.683. The van der Waals surface area contributed by atoms with Crippen molar-refractivity contribution in [2.24, 2.45) is 0 Å². The highest BCUT2D eigenvalue weighted by atomic mass is 16.5. The largest absolute Gasteiger partial charge is 0.376 e. The van der Waals surface area contributed by atoms with Gasteiger partial charge in [-0.3, -0.25) is 9.59 Å². The molecule has 0 amide bonds. The van der Waals surface area contributed by atoms with Crippen molar-refractivity contribution in [3.63, 3.8) is 0 Å². The number of hydrogen-bond acceptors (Lipinski definition) is 3. The van der Waals surface area contributed by atoms with Gasteiger partial charge in [0.1, 0.15) is 0 Å². The zero-order valence-corrected chi connectivity index (χ0v) is 17.5. The minimum Gasteiger partial charge on any atom is -0.376 e. The summed E-state index contributed by atoms with van der Waals surface area (Å²) in [5.74, 6) is 0.0422. The van der Waals surface area contributed by atoms with E-state index < -0.39 is 0 Å². The SMILES string of the molecule is Cc1cc(C(=O)C[n+]2ccc(C(=O)c3ccccc3)cc2)c(C)n1C[C@@H]1CCCO1. The molecule has 1 aromatic carbocycles. The first kappa shape index (κ1) is 20.2. The van der Waals surface area contributed by atoms with Gasteiger partial charge in [0.2, 0.25) is 12.3 Å². The number of pyridine rings is 1. The number of nitrogens with zero attached hydrogens (tertiary/aromatic N) is 2. The van der Waals surface area contributed by atoms with E-state index in [1.807, 2.05) is 42.7 Å². The Kier molecular flexibility index (Phi) is 5.91. The third-order valence-electron chi connectivity index (χ3n) is 5.80. The van der Waals surface area contributed by atoms with Gasteiger partial charge in [-0.05, 0) is 32.8 Å². The molecule has 0 N–H and O–H groups in total. The summed E-state index contributed by atoms with van der Waals surface area (Å²) in [5, 5.41) is 0. The molecule has 5 heteroatoms. The zero-order valence-electron chi connectivity index (χ0n) is 17.5. The van der Waals surface area contributed by atoms with Crippen molar-refractivity contribution in [1.29, 1.82) is 0 Å². The third-order valence-corrected chi connectivity index (χ3v) is 5.80. The number of aromatic nitrogens is 2. The molecule has 0 saturated carbocycles. The second kappa shape index (κ2) is 8.76. The van der Waals surface area contributed by atoms with Crippen molar-refractivity contribution in [3.8, 4) is 0 Å². The maximum atomic E-state index is 12.9. The molecule has 1 fully saturated rings. The quantitative estimate of drug-likeness (QED) is 0.447. The Hall–Kier alpha value is -3.05. The van der Waals surface area contributed by atoms with E-state index in [1.54, 1.807) is 36.7 Å². The first-order chi connectivity index (χ1) is 14.5. The van der Waals surface area contributed by atoms with E-state index in [-0.39, 0.29) is 24.2 Å². The van der Waals surface area contributed by atoms with E-state index in [2.05, 4.69) is 4.57 Å². The molecule has 30 heavy (non-hydrogen) atoms. The maximum Gasteiger partial charge on any atom is 0.229 e. The molecule has 0 bridgehead atoms. The number of hydrogen-bond donors (Lipinski definition) is 0. The standard InChI is InChI=1S/C25H27N2O3/c1-18-15-23(19(2)27(18)16-22-9-6-14-30-22)24(28)17-26-12-10-21(11-13-26)25(29)20-7-4-3-5-8-20/h3-5,7-8,10-13,15,22H,6,9,14,16-17H2,1-2H3/q+1/t22-/m0/s1. The zero-order chi connectivity index (χ0) is 21.1. The van der Waals surface area contributed by atoms with Gasteiger partial charge < -0.3 is 9.30 Å². The van der Waals surface area contributed by atoms with Gasteiger partial charge in [0.25, 0.3) is 0 Å². The summed E-state index contributed by atoms with van der Waals surface area (Å²) in [6, 6.07) is 14.7. The molecule has 1 aliphatic rings. The van der Waals surface area contributed by atoms with Gasteiger partial charge in [-0.25, -0.2) is 0 Å². The van der Waals surface area contributed by atoms with E-state index in [4.69, 9.17) is 4.74 Å². The third kappa shape index (κ3) is 4.26. The smallest absolute Gasteiger partial charge is 0.229 e. The number of aryl methyl sites for hydroxylation is 1. The number of ketones is 2. The van der Waals surface area contributed by atoms with Crippen molar-refractivity contribution >= 4 is 11.6 Å². The molecule has 2 aromatic heterocycles. The average molecular weight is 404 g/mol. The molecular weight excluding hydrogens is 376 g/mol. The lowest BCUT2D eigenvalue weighted by Crippen LogP contribution is -2.37. The van der Waals surface area contributed by atoms with E-state index in [1.165, 1.54) is 0 Å². The second-order valence-electron chi connectivity index (χ2n) is 7.91. The lowest BCUT2D eigenvalue weighted by Gasteiger charge is -2.14. The fourth-order valence-electron chi connectivity index (χ4n) is 4.08. The molecule has 0 radical (unpaired) electrons. The number of benzene rings is 1. The summed E-state index contributed by atoms with van der Waals surface area (Å²) in [7, 11) is 0. The molecule has 3 aromatic rings. The summed E-state index contributed by atoms with van der Waals surface area (Å²) in [5.41, 5.74) is 4.09. The highest BCUT2D eigenvalue weighted by Crippen LogP contribution is 2.20. The summed E-state index contributed by atoms with van der Waals surface area (Å²) < 4.78 is 9.76. The van der Waals surface area contributed by atoms with Crippen molar-refractivity contribution < 1.29 is 18.9 Å². The molecule has 4 rings (SSSR count). The van der Waals surface area contributed by atoms with Crippen LogP contribution in [0, 0.1) is 13.8 Å². The highest BCUT2D eigenvalue weighted by Gasteiger charge is 2.22. The van der Waals surface area contributed by atoms with Crippen LogP contribution in [0.25, 0.3) is 0 Å². The van der Waals surface area contributed by atoms with Crippen molar-refractivity contribution in [2.75, 3.05) is 6.61 Å². The molecule has 3 heterocycles. The summed E-state index contributed by atoms with van der Waals surface area (Å²) in [6.45, 7) is 5.91. The molecule has 1 saturated heterocycles. The Labute approximate surface area is 176 Å².